The molecular weight excluding hydrogens is 301 g/mol. The molecule has 5 heteroatoms. The van der Waals surface area contributed by atoms with Gasteiger partial charge in [-0.15, -0.1) is 0 Å². The van der Waals surface area contributed by atoms with Crippen molar-refractivity contribution in [3.05, 3.63) is 34.1 Å². The molecule has 0 aliphatic carbocycles. The minimum atomic E-state index is -0.844. The van der Waals surface area contributed by atoms with Crippen LogP contribution in [0.2, 0.25) is 0 Å². The molecule has 2 unspecified atom stereocenters. The molecule has 0 fully saturated rings. The smallest absolute Gasteiger partial charge is 0.307 e. The summed E-state index contributed by atoms with van der Waals surface area (Å²) in [5, 5.41) is 8.87. The van der Waals surface area contributed by atoms with Gasteiger partial charge in [0.2, 0.25) is 0 Å². The third-order valence-electron chi connectivity index (χ3n) is 3.05. The minimum Gasteiger partial charge on any atom is -0.481 e. The van der Waals surface area contributed by atoms with Gasteiger partial charge in [-0.3, -0.25) is 9.69 Å². The number of hydrogen-bond acceptors (Lipinski definition) is 2. The van der Waals surface area contributed by atoms with Gasteiger partial charge in [-0.25, -0.2) is 4.39 Å². The van der Waals surface area contributed by atoms with Crippen LogP contribution in [0.5, 0.6) is 0 Å². The zero-order valence-corrected chi connectivity index (χ0v) is 12.2. The van der Waals surface area contributed by atoms with E-state index < -0.39 is 11.9 Å². The van der Waals surface area contributed by atoms with E-state index in [1.165, 1.54) is 6.07 Å². The van der Waals surface area contributed by atoms with Gasteiger partial charge in [0, 0.05) is 22.6 Å². The molecule has 2 atom stereocenters. The molecule has 0 amide bonds. The standard InChI is InChI=1S/C13H17BrFNO2/c1-8(13(17)18)7-16(3)9(2)11-6-10(14)4-5-12(11)15/h4-6,8-9H,7H2,1-3H3,(H,17,18). The fourth-order valence-corrected chi connectivity index (χ4v) is 2.12. The van der Waals surface area contributed by atoms with Crippen LogP contribution in [0.15, 0.2) is 22.7 Å². The number of benzene rings is 1. The summed E-state index contributed by atoms with van der Waals surface area (Å²) in [5.74, 6) is -1.60. The maximum atomic E-state index is 13.7. The van der Waals surface area contributed by atoms with E-state index in [0.717, 1.165) is 4.47 Å². The Morgan fingerprint density at radius 2 is 2.11 bits per heavy atom. The van der Waals surface area contributed by atoms with Crippen LogP contribution in [0.1, 0.15) is 25.5 Å². The summed E-state index contributed by atoms with van der Waals surface area (Å²) in [4.78, 5) is 12.6. The molecule has 100 valence electrons. The molecule has 0 saturated carbocycles. The van der Waals surface area contributed by atoms with Gasteiger partial charge in [0.15, 0.2) is 0 Å². The number of carboxylic acids is 1. The Hall–Kier alpha value is -0.940. The quantitative estimate of drug-likeness (QED) is 0.905. The second kappa shape index (κ2) is 6.29. The van der Waals surface area contributed by atoms with E-state index in [1.807, 2.05) is 11.8 Å². The lowest BCUT2D eigenvalue weighted by Crippen LogP contribution is -2.31. The van der Waals surface area contributed by atoms with E-state index in [-0.39, 0.29) is 11.9 Å². The molecule has 0 radical (unpaired) electrons. The van der Waals surface area contributed by atoms with Crippen molar-refractivity contribution in [2.45, 2.75) is 19.9 Å². The molecule has 0 aromatic heterocycles. The lowest BCUT2D eigenvalue weighted by atomic mass is 10.0. The number of carboxylic acid groups (broad SMARTS) is 1. The van der Waals surface area contributed by atoms with Crippen LogP contribution < -0.4 is 0 Å². The highest BCUT2D eigenvalue weighted by Crippen LogP contribution is 2.25. The van der Waals surface area contributed by atoms with Crippen molar-refractivity contribution in [2.75, 3.05) is 13.6 Å². The number of halogens is 2. The number of hydrogen-bond donors (Lipinski definition) is 1. The van der Waals surface area contributed by atoms with Gasteiger partial charge < -0.3 is 5.11 Å². The first-order valence-electron chi connectivity index (χ1n) is 5.71. The van der Waals surface area contributed by atoms with Gasteiger partial charge in [-0.1, -0.05) is 22.9 Å². The maximum absolute atomic E-state index is 13.7. The molecule has 3 nitrogen and oxygen atoms in total. The van der Waals surface area contributed by atoms with E-state index in [0.29, 0.717) is 12.1 Å². The summed E-state index contributed by atoms with van der Waals surface area (Å²) >= 11 is 3.31. The predicted octanol–water partition coefficient (Wildman–Crippen LogP) is 3.30. The van der Waals surface area contributed by atoms with E-state index in [9.17, 15) is 9.18 Å². The summed E-state index contributed by atoms with van der Waals surface area (Å²) in [6.45, 7) is 3.88. The molecule has 1 aromatic carbocycles. The largest absolute Gasteiger partial charge is 0.481 e. The van der Waals surface area contributed by atoms with Crippen molar-refractivity contribution in [1.82, 2.24) is 4.90 Å². The van der Waals surface area contributed by atoms with Crippen molar-refractivity contribution < 1.29 is 14.3 Å². The summed E-state index contributed by atoms with van der Waals surface area (Å²) in [7, 11) is 1.80. The molecular formula is C13H17BrFNO2. The zero-order chi connectivity index (χ0) is 13.9. The highest BCUT2D eigenvalue weighted by Gasteiger charge is 2.20. The van der Waals surface area contributed by atoms with Crippen molar-refractivity contribution in [2.24, 2.45) is 5.92 Å². The average molecular weight is 318 g/mol. The number of nitrogens with zero attached hydrogens (tertiary/aromatic N) is 1. The molecule has 0 aliphatic heterocycles. The van der Waals surface area contributed by atoms with Gasteiger partial charge in [-0.2, -0.15) is 0 Å². The first-order valence-corrected chi connectivity index (χ1v) is 6.50. The topological polar surface area (TPSA) is 40.5 Å². The molecule has 0 saturated heterocycles. The Bertz CT molecular complexity index is 439. The highest BCUT2D eigenvalue weighted by molar-refractivity contribution is 9.10. The molecule has 0 bridgehead atoms. The SMILES string of the molecule is CC(CN(C)C(C)c1cc(Br)ccc1F)C(=O)O. The summed E-state index contributed by atoms with van der Waals surface area (Å²) in [6, 6.07) is 4.60. The van der Waals surface area contributed by atoms with Crippen LogP contribution in [0, 0.1) is 11.7 Å². The first-order chi connectivity index (χ1) is 8.32. The monoisotopic (exact) mass is 317 g/mol. The van der Waals surface area contributed by atoms with E-state index >= 15 is 0 Å². The fraction of sp³-hybridized carbons (Fsp3) is 0.462. The van der Waals surface area contributed by atoms with Crippen LogP contribution in [0.25, 0.3) is 0 Å². The fourth-order valence-electron chi connectivity index (χ4n) is 1.74. The molecule has 0 heterocycles. The Balaban J connectivity index is 2.82. The normalized spacial score (nSPS) is 14.6. The summed E-state index contributed by atoms with van der Waals surface area (Å²) in [6.07, 6.45) is 0. The summed E-state index contributed by atoms with van der Waals surface area (Å²) in [5.41, 5.74) is 0.560. The number of carbonyl (C=O) groups is 1. The van der Waals surface area contributed by atoms with Crippen LogP contribution in [-0.2, 0) is 4.79 Å². The Labute approximate surface area is 115 Å². The highest BCUT2D eigenvalue weighted by atomic mass is 79.9. The third-order valence-corrected chi connectivity index (χ3v) is 3.55. The van der Waals surface area contributed by atoms with Crippen LogP contribution in [0.3, 0.4) is 0 Å². The Morgan fingerprint density at radius 1 is 1.50 bits per heavy atom. The Kier molecular flexibility index (Phi) is 5.28. The molecule has 18 heavy (non-hydrogen) atoms. The number of aliphatic carboxylic acids is 1. The second-order valence-electron chi connectivity index (χ2n) is 4.52. The van der Waals surface area contributed by atoms with Gasteiger partial charge in [0.25, 0.3) is 0 Å². The molecule has 1 N–H and O–H groups in total. The van der Waals surface area contributed by atoms with Gasteiger partial charge in [-0.05, 0) is 32.2 Å². The zero-order valence-electron chi connectivity index (χ0n) is 10.7. The van der Waals surface area contributed by atoms with Crippen molar-refractivity contribution in [3.8, 4) is 0 Å². The number of rotatable bonds is 5. The summed E-state index contributed by atoms with van der Waals surface area (Å²) < 4.78 is 14.5. The van der Waals surface area contributed by atoms with Gasteiger partial charge in [0.1, 0.15) is 5.82 Å². The molecule has 1 rings (SSSR count). The average Bonchev–Trinajstić information content (AvgIpc) is 2.31. The lowest BCUT2D eigenvalue weighted by Gasteiger charge is -2.27. The predicted molar refractivity (Wildman–Crippen MR) is 71.9 cm³/mol. The van der Waals surface area contributed by atoms with Crippen LogP contribution >= 0.6 is 15.9 Å². The van der Waals surface area contributed by atoms with Crippen molar-refractivity contribution in [1.29, 1.82) is 0 Å². The van der Waals surface area contributed by atoms with Crippen molar-refractivity contribution in [3.63, 3.8) is 0 Å². The molecule has 0 aliphatic rings. The third kappa shape index (κ3) is 3.78. The van der Waals surface area contributed by atoms with E-state index in [2.05, 4.69) is 15.9 Å². The van der Waals surface area contributed by atoms with Gasteiger partial charge >= 0.3 is 5.97 Å². The molecule has 1 aromatic rings. The van der Waals surface area contributed by atoms with Crippen LogP contribution in [0.4, 0.5) is 4.39 Å². The lowest BCUT2D eigenvalue weighted by molar-refractivity contribution is -0.141. The second-order valence-corrected chi connectivity index (χ2v) is 5.44. The Morgan fingerprint density at radius 3 is 2.67 bits per heavy atom. The van der Waals surface area contributed by atoms with Crippen LogP contribution in [-0.4, -0.2) is 29.6 Å². The first kappa shape index (κ1) is 15.1. The van der Waals surface area contributed by atoms with E-state index in [4.69, 9.17) is 5.11 Å². The minimum absolute atomic E-state index is 0.177. The van der Waals surface area contributed by atoms with Gasteiger partial charge in [0.05, 0.1) is 5.92 Å². The maximum Gasteiger partial charge on any atom is 0.307 e. The van der Waals surface area contributed by atoms with E-state index in [1.54, 1.807) is 26.1 Å². The molecule has 0 spiro atoms. The van der Waals surface area contributed by atoms with Crippen molar-refractivity contribution >= 4 is 21.9 Å².